The summed E-state index contributed by atoms with van der Waals surface area (Å²) in [6.45, 7) is 5.23. The summed E-state index contributed by atoms with van der Waals surface area (Å²) < 4.78 is 7.48. The Kier molecular flexibility index (Phi) is 6.07. The van der Waals surface area contributed by atoms with Crippen LogP contribution in [-0.4, -0.2) is 48.7 Å². The van der Waals surface area contributed by atoms with Crippen LogP contribution in [0.1, 0.15) is 23.6 Å². The molecule has 1 unspecified atom stereocenters. The van der Waals surface area contributed by atoms with Crippen molar-refractivity contribution < 1.29 is 9.53 Å². The number of amides is 1. The van der Waals surface area contributed by atoms with Crippen molar-refractivity contribution >= 4 is 11.6 Å². The fourth-order valence-electron chi connectivity index (χ4n) is 4.14. The minimum Gasteiger partial charge on any atom is -0.497 e. The first-order valence-electron chi connectivity index (χ1n) is 10.5. The molecule has 1 aliphatic heterocycles. The first-order chi connectivity index (χ1) is 14.6. The maximum atomic E-state index is 13.2. The Bertz CT molecular complexity index is 976. The first kappa shape index (κ1) is 20.1. The first-order valence-corrected chi connectivity index (χ1v) is 10.5. The zero-order chi connectivity index (χ0) is 20.9. The van der Waals surface area contributed by atoms with Crippen LogP contribution in [0.15, 0.2) is 73.1 Å². The van der Waals surface area contributed by atoms with Gasteiger partial charge in [-0.15, -0.1) is 0 Å². The predicted molar refractivity (Wildman–Crippen MR) is 120 cm³/mol. The van der Waals surface area contributed by atoms with E-state index in [0.29, 0.717) is 6.42 Å². The lowest BCUT2D eigenvalue weighted by Crippen LogP contribution is -2.49. The maximum Gasteiger partial charge on any atom is 0.225 e. The Hall–Kier alpha value is -3.21. The van der Waals surface area contributed by atoms with Gasteiger partial charge in [0.05, 0.1) is 19.6 Å². The summed E-state index contributed by atoms with van der Waals surface area (Å²) in [5, 5.41) is 0. The van der Waals surface area contributed by atoms with Crippen molar-refractivity contribution in [2.45, 2.75) is 19.4 Å². The van der Waals surface area contributed by atoms with Crippen LogP contribution in [0.25, 0.3) is 0 Å². The Morgan fingerprint density at radius 1 is 0.967 bits per heavy atom. The second-order valence-corrected chi connectivity index (χ2v) is 7.83. The lowest BCUT2D eigenvalue weighted by molar-refractivity contribution is -0.132. The van der Waals surface area contributed by atoms with Gasteiger partial charge in [-0.3, -0.25) is 4.79 Å². The molecular formula is C25H29N3O2. The van der Waals surface area contributed by atoms with E-state index in [-0.39, 0.29) is 11.9 Å². The quantitative estimate of drug-likeness (QED) is 0.621. The largest absolute Gasteiger partial charge is 0.497 e. The van der Waals surface area contributed by atoms with Crippen molar-refractivity contribution in [3.8, 4) is 5.75 Å². The molecule has 5 nitrogen and oxygen atoms in total. The van der Waals surface area contributed by atoms with Crippen LogP contribution >= 0.6 is 0 Å². The highest BCUT2D eigenvalue weighted by Crippen LogP contribution is 2.26. The molecule has 4 rings (SSSR count). The van der Waals surface area contributed by atoms with Gasteiger partial charge in [0.15, 0.2) is 0 Å². The Balaban J connectivity index is 1.43. The highest BCUT2D eigenvalue weighted by molar-refractivity contribution is 5.77. The molecule has 30 heavy (non-hydrogen) atoms. The number of methoxy groups -OCH3 is 1. The van der Waals surface area contributed by atoms with Crippen LogP contribution in [0, 0.1) is 6.92 Å². The Morgan fingerprint density at radius 3 is 2.40 bits per heavy atom. The lowest BCUT2D eigenvalue weighted by atomic mass is 10.0. The molecule has 3 aromatic rings. The van der Waals surface area contributed by atoms with E-state index in [2.05, 4.69) is 52.8 Å². The fraction of sp³-hybridized carbons (Fsp3) is 0.320. The molecule has 1 atom stereocenters. The van der Waals surface area contributed by atoms with E-state index in [1.165, 1.54) is 11.1 Å². The average molecular weight is 404 g/mol. The Labute approximate surface area is 178 Å². The van der Waals surface area contributed by atoms with Crippen LogP contribution in [0.4, 0.5) is 5.69 Å². The summed E-state index contributed by atoms with van der Waals surface area (Å²) in [5.74, 6) is 1.07. The molecule has 0 saturated carbocycles. The number of rotatable bonds is 6. The van der Waals surface area contributed by atoms with Crippen molar-refractivity contribution in [2.24, 2.45) is 0 Å². The average Bonchev–Trinajstić information content (AvgIpc) is 3.32. The standard InChI is InChI=1S/C25H29N3O2/c1-20-7-5-8-21(17-20)24(27-11-3-4-12-27)19-25(29)28-15-13-26(14-16-28)22-9-6-10-23(18-22)30-2/h3-12,17-18,24H,13-16,19H2,1-2H3. The molecule has 0 radical (unpaired) electrons. The molecular weight excluding hydrogens is 374 g/mol. The topological polar surface area (TPSA) is 37.7 Å². The molecule has 1 amide bonds. The van der Waals surface area contributed by atoms with E-state index in [4.69, 9.17) is 4.74 Å². The van der Waals surface area contributed by atoms with Gasteiger partial charge >= 0.3 is 0 Å². The maximum absolute atomic E-state index is 13.2. The molecule has 0 aliphatic carbocycles. The zero-order valence-electron chi connectivity index (χ0n) is 17.7. The van der Waals surface area contributed by atoms with Gasteiger partial charge in [-0.2, -0.15) is 0 Å². The Morgan fingerprint density at radius 2 is 1.70 bits per heavy atom. The van der Waals surface area contributed by atoms with Crippen LogP contribution in [0.3, 0.4) is 0 Å². The van der Waals surface area contributed by atoms with Gasteiger partial charge in [0.25, 0.3) is 0 Å². The third-order valence-electron chi connectivity index (χ3n) is 5.83. The van der Waals surface area contributed by atoms with Gasteiger partial charge in [0.2, 0.25) is 5.91 Å². The number of benzene rings is 2. The molecule has 156 valence electrons. The summed E-state index contributed by atoms with van der Waals surface area (Å²) in [4.78, 5) is 17.5. The monoisotopic (exact) mass is 403 g/mol. The molecule has 1 fully saturated rings. The number of nitrogens with zero attached hydrogens (tertiary/aromatic N) is 3. The third kappa shape index (κ3) is 4.51. The van der Waals surface area contributed by atoms with Gasteiger partial charge < -0.3 is 19.1 Å². The highest BCUT2D eigenvalue weighted by Gasteiger charge is 2.25. The molecule has 5 heteroatoms. The van der Waals surface area contributed by atoms with Crippen molar-refractivity contribution in [3.63, 3.8) is 0 Å². The SMILES string of the molecule is COc1cccc(N2CCN(C(=O)CC(c3cccc(C)c3)n3cccc3)CC2)c1. The number of carbonyl (C=O) groups excluding carboxylic acids is 1. The molecule has 1 aromatic heterocycles. The van der Waals surface area contributed by atoms with Crippen molar-refractivity contribution in [2.75, 3.05) is 38.2 Å². The molecule has 0 spiro atoms. The number of piperazine rings is 1. The smallest absolute Gasteiger partial charge is 0.225 e. The fourth-order valence-corrected chi connectivity index (χ4v) is 4.14. The van der Waals surface area contributed by atoms with Gasteiger partial charge in [-0.25, -0.2) is 0 Å². The summed E-state index contributed by atoms with van der Waals surface area (Å²) in [6.07, 6.45) is 4.55. The molecule has 2 heterocycles. The van der Waals surface area contributed by atoms with Gasteiger partial charge in [-0.1, -0.05) is 35.9 Å². The summed E-state index contributed by atoms with van der Waals surface area (Å²) >= 11 is 0. The number of aromatic nitrogens is 1. The molecule has 2 aromatic carbocycles. The summed E-state index contributed by atoms with van der Waals surface area (Å²) in [7, 11) is 1.69. The van der Waals surface area contributed by atoms with Gasteiger partial charge in [0.1, 0.15) is 5.75 Å². The second kappa shape index (κ2) is 9.08. The zero-order valence-corrected chi connectivity index (χ0v) is 17.7. The van der Waals surface area contributed by atoms with Crippen LogP contribution in [0.5, 0.6) is 5.75 Å². The van der Waals surface area contributed by atoms with E-state index in [1.807, 2.05) is 41.6 Å². The molecule has 0 bridgehead atoms. The summed E-state index contributed by atoms with van der Waals surface area (Å²) in [6, 6.07) is 20.6. The highest BCUT2D eigenvalue weighted by atomic mass is 16.5. The number of aryl methyl sites for hydroxylation is 1. The van der Waals surface area contributed by atoms with E-state index >= 15 is 0 Å². The number of hydrogen-bond donors (Lipinski definition) is 0. The van der Waals surface area contributed by atoms with Crippen LogP contribution < -0.4 is 9.64 Å². The lowest BCUT2D eigenvalue weighted by Gasteiger charge is -2.37. The minimum absolute atomic E-state index is 0.0174. The molecule has 1 saturated heterocycles. The number of anilines is 1. The van der Waals surface area contributed by atoms with E-state index in [9.17, 15) is 4.79 Å². The van der Waals surface area contributed by atoms with Gasteiger partial charge in [0, 0.05) is 50.3 Å². The van der Waals surface area contributed by atoms with E-state index in [1.54, 1.807) is 7.11 Å². The predicted octanol–water partition coefficient (Wildman–Crippen LogP) is 4.13. The second-order valence-electron chi connectivity index (χ2n) is 7.83. The van der Waals surface area contributed by atoms with Gasteiger partial charge in [-0.05, 0) is 36.8 Å². The van der Waals surface area contributed by atoms with Crippen molar-refractivity contribution in [1.29, 1.82) is 0 Å². The van der Waals surface area contributed by atoms with E-state index in [0.717, 1.165) is 37.6 Å². The number of ether oxygens (including phenoxy) is 1. The van der Waals surface area contributed by atoms with Crippen LogP contribution in [-0.2, 0) is 4.79 Å². The third-order valence-corrected chi connectivity index (χ3v) is 5.83. The van der Waals surface area contributed by atoms with Crippen LogP contribution in [0.2, 0.25) is 0 Å². The summed E-state index contributed by atoms with van der Waals surface area (Å²) in [5.41, 5.74) is 3.53. The minimum atomic E-state index is 0.0174. The molecule has 0 N–H and O–H groups in total. The van der Waals surface area contributed by atoms with Crippen molar-refractivity contribution in [3.05, 3.63) is 84.2 Å². The van der Waals surface area contributed by atoms with Crippen molar-refractivity contribution in [1.82, 2.24) is 9.47 Å². The normalized spacial score (nSPS) is 15.1. The van der Waals surface area contributed by atoms with E-state index < -0.39 is 0 Å². The number of carbonyl (C=O) groups is 1. The number of hydrogen-bond acceptors (Lipinski definition) is 3. The molecule has 1 aliphatic rings.